The van der Waals surface area contributed by atoms with E-state index in [1.807, 2.05) is 23.4 Å². The summed E-state index contributed by atoms with van der Waals surface area (Å²) in [6.45, 7) is 1.54. The molecule has 1 aliphatic heterocycles. The van der Waals surface area contributed by atoms with Crippen LogP contribution in [0.25, 0.3) is 10.6 Å². The van der Waals surface area contributed by atoms with Crippen molar-refractivity contribution < 1.29 is 4.79 Å². The Kier molecular flexibility index (Phi) is 5.21. The SMILES string of the molecule is CNC1CCN(C(=O)c2csc(-c3ccc(Cl)c(Cl)c3)n2)CC1. The Hall–Kier alpha value is -1.14. The summed E-state index contributed by atoms with van der Waals surface area (Å²) in [5, 5.41) is 6.85. The second-order valence-electron chi connectivity index (χ2n) is 5.52. The van der Waals surface area contributed by atoms with Crippen molar-refractivity contribution in [1.82, 2.24) is 15.2 Å². The standard InChI is InChI=1S/C16H17Cl2N3OS/c1-19-11-4-6-21(7-5-11)16(22)14-9-23-15(20-14)10-2-3-12(17)13(18)8-10/h2-3,8-9,11,19H,4-7H2,1H3. The van der Waals surface area contributed by atoms with Crippen molar-refractivity contribution in [3.05, 3.63) is 39.3 Å². The lowest BCUT2D eigenvalue weighted by Crippen LogP contribution is -2.44. The van der Waals surface area contributed by atoms with E-state index in [9.17, 15) is 4.79 Å². The van der Waals surface area contributed by atoms with E-state index in [1.165, 1.54) is 11.3 Å². The average Bonchev–Trinajstić information content (AvgIpc) is 3.07. The smallest absolute Gasteiger partial charge is 0.273 e. The normalized spacial score (nSPS) is 15.9. The summed E-state index contributed by atoms with van der Waals surface area (Å²) in [5.41, 5.74) is 1.37. The number of likely N-dealkylation sites (tertiary alicyclic amines) is 1. The number of halogens is 2. The van der Waals surface area contributed by atoms with Gasteiger partial charge < -0.3 is 10.2 Å². The van der Waals surface area contributed by atoms with E-state index in [0.717, 1.165) is 36.5 Å². The Bertz CT molecular complexity index is 711. The average molecular weight is 370 g/mol. The number of benzene rings is 1. The molecule has 0 atom stereocenters. The summed E-state index contributed by atoms with van der Waals surface area (Å²) < 4.78 is 0. The fourth-order valence-corrected chi connectivity index (χ4v) is 3.76. The van der Waals surface area contributed by atoms with Crippen molar-refractivity contribution in [3.63, 3.8) is 0 Å². The van der Waals surface area contributed by atoms with E-state index in [-0.39, 0.29) is 5.91 Å². The van der Waals surface area contributed by atoms with E-state index in [0.29, 0.717) is 21.8 Å². The maximum Gasteiger partial charge on any atom is 0.273 e. The number of aromatic nitrogens is 1. The predicted molar refractivity (Wildman–Crippen MR) is 95.6 cm³/mol. The molecule has 1 amide bonds. The van der Waals surface area contributed by atoms with Crippen LogP contribution in [0.4, 0.5) is 0 Å². The maximum absolute atomic E-state index is 12.6. The molecule has 2 aromatic rings. The maximum atomic E-state index is 12.6. The van der Waals surface area contributed by atoms with Crippen LogP contribution in [-0.2, 0) is 0 Å². The first-order chi connectivity index (χ1) is 11.1. The number of amides is 1. The lowest BCUT2D eigenvalue weighted by atomic mass is 10.1. The summed E-state index contributed by atoms with van der Waals surface area (Å²) >= 11 is 13.4. The number of nitrogens with zero attached hydrogens (tertiary/aromatic N) is 2. The fraction of sp³-hybridized carbons (Fsp3) is 0.375. The van der Waals surface area contributed by atoms with Crippen LogP contribution >= 0.6 is 34.5 Å². The molecule has 1 N–H and O–H groups in total. The first kappa shape index (κ1) is 16.7. The fourth-order valence-electron chi connectivity index (χ4n) is 2.67. The lowest BCUT2D eigenvalue weighted by Gasteiger charge is -2.31. The van der Waals surface area contributed by atoms with Crippen LogP contribution in [0, 0.1) is 0 Å². The van der Waals surface area contributed by atoms with Crippen molar-refractivity contribution in [3.8, 4) is 10.6 Å². The molecule has 1 fully saturated rings. The Morgan fingerprint density at radius 1 is 1.30 bits per heavy atom. The Labute approximate surface area is 149 Å². The molecule has 0 saturated carbocycles. The molecule has 122 valence electrons. The zero-order valence-electron chi connectivity index (χ0n) is 12.7. The molecule has 2 heterocycles. The zero-order chi connectivity index (χ0) is 16.4. The van der Waals surface area contributed by atoms with Gasteiger partial charge in [0.05, 0.1) is 10.0 Å². The van der Waals surface area contributed by atoms with Crippen molar-refractivity contribution >= 4 is 40.4 Å². The minimum atomic E-state index is 0.00196. The number of rotatable bonds is 3. The third-order valence-corrected chi connectivity index (χ3v) is 5.71. The van der Waals surface area contributed by atoms with Gasteiger partial charge in [0.1, 0.15) is 10.7 Å². The van der Waals surface area contributed by atoms with Crippen LogP contribution < -0.4 is 5.32 Å². The summed E-state index contributed by atoms with van der Waals surface area (Å²) in [6, 6.07) is 5.88. The molecule has 7 heteroatoms. The Balaban J connectivity index is 1.74. The molecule has 23 heavy (non-hydrogen) atoms. The van der Waals surface area contributed by atoms with E-state index >= 15 is 0 Å². The topological polar surface area (TPSA) is 45.2 Å². The van der Waals surface area contributed by atoms with Gasteiger partial charge in [-0.2, -0.15) is 0 Å². The largest absolute Gasteiger partial charge is 0.337 e. The summed E-state index contributed by atoms with van der Waals surface area (Å²) in [7, 11) is 1.96. The van der Waals surface area contributed by atoms with E-state index in [4.69, 9.17) is 23.2 Å². The van der Waals surface area contributed by atoms with Gasteiger partial charge in [-0.3, -0.25) is 4.79 Å². The van der Waals surface area contributed by atoms with Crippen molar-refractivity contribution in [1.29, 1.82) is 0 Å². The van der Waals surface area contributed by atoms with Gasteiger partial charge in [0.2, 0.25) is 0 Å². The van der Waals surface area contributed by atoms with Gasteiger partial charge in [0, 0.05) is 30.1 Å². The third kappa shape index (κ3) is 3.69. The van der Waals surface area contributed by atoms with Crippen molar-refractivity contribution in [2.75, 3.05) is 20.1 Å². The molecule has 0 bridgehead atoms. The Morgan fingerprint density at radius 3 is 2.70 bits per heavy atom. The van der Waals surface area contributed by atoms with Crippen LogP contribution in [0.5, 0.6) is 0 Å². The predicted octanol–water partition coefficient (Wildman–Crippen LogP) is 3.94. The highest BCUT2D eigenvalue weighted by Crippen LogP contribution is 2.30. The Morgan fingerprint density at radius 2 is 2.04 bits per heavy atom. The van der Waals surface area contributed by atoms with Gasteiger partial charge in [-0.25, -0.2) is 4.98 Å². The molecule has 0 unspecified atom stereocenters. The van der Waals surface area contributed by atoms with Crippen LogP contribution in [0.15, 0.2) is 23.6 Å². The number of carbonyl (C=O) groups is 1. The highest BCUT2D eigenvalue weighted by molar-refractivity contribution is 7.13. The molecule has 0 aliphatic carbocycles. The first-order valence-corrected chi connectivity index (χ1v) is 9.09. The lowest BCUT2D eigenvalue weighted by molar-refractivity contribution is 0.0702. The van der Waals surface area contributed by atoms with Gasteiger partial charge in [-0.15, -0.1) is 11.3 Å². The summed E-state index contributed by atoms with van der Waals surface area (Å²) in [5.74, 6) is 0.00196. The van der Waals surface area contributed by atoms with Gasteiger partial charge in [-0.05, 0) is 32.0 Å². The molecule has 4 nitrogen and oxygen atoms in total. The summed E-state index contributed by atoms with van der Waals surface area (Å²) in [4.78, 5) is 18.9. The second kappa shape index (κ2) is 7.18. The van der Waals surface area contributed by atoms with E-state index < -0.39 is 0 Å². The molecule has 0 radical (unpaired) electrons. The molecular weight excluding hydrogens is 353 g/mol. The zero-order valence-corrected chi connectivity index (χ0v) is 15.0. The molecule has 3 rings (SSSR count). The van der Waals surface area contributed by atoms with Crippen LogP contribution in [0.1, 0.15) is 23.3 Å². The van der Waals surface area contributed by atoms with Gasteiger partial charge in [0.25, 0.3) is 5.91 Å². The van der Waals surface area contributed by atoms with Gasteiger partial charge in [-0.1, -0.05) is 29.3 Å². The molecule has 0 spiro atoms. The highest BCUT2D eigenvalue weighted by Gasteiger charge is 2.24. The minimum Gasteiger partial charge on any atom is -0.337 e. The van der Waals surface area contributed by atoms with Crippen LogP contribution in [0.3, 0.4) is 0 Å². The first-order valence-electron chi connectivity index (χ1n) is 7.46. The van der Waals surface area contributed by atoms with E-state index in [1.54, 1.807) is 12.1 Å². The number of hydrogen-bond acceptors (Lipinski definition) is 4. The second-order valence-corrected chi connectivity index (χ2v) is 7.19. The van der Waals surface area contributed by atoms with E-state index in [2.05, 4.69) is 10.3 Å². The van der Waals surface area contributed by atoms with Crippen molar-refractivity contribution in [2.45, 2.75) is 18.9 Å². The molecule has 1 saturated heterocycles. The number of hydrogen-bond donors (Lipinski definition) is 1. The summed E-state index contributed by atoms with van der Waals surface area (Å²) in [6.07, 6.45) is 1.96. The molecule has 1 aromatic carbocycles. The monoisotopic (exact) mass is 369 g/mol. The van der Waals surface area contributed by atoms with Gasteiger partial charge >= 0.3 is 0 Å². The highest BCUT2D eigenvalue weighted by atomic mass is 35.5. The minimum absolute atomic E-state index is 0.00196. The van der Waals surface area contributed by atoms with Crippen LogP contribution in [-0.4, -0.2) is 42.0 Å². The molecule has 1 aliphatic rings. The third-order valence-electron chi connectivity index (χ3n) is 4.08. The van der Waals surface area contributed by atoms with Crippen LogP contribution in [0.2, 0.25) is 10.0 Å². The number of thiazole rings is 1. The van der Waals surface area contributed by atoms with Gasteiger partial charge in [0.15, 0.2) is 0 Å². The van der Waals surface area contributed by atoms with Crippen molar-refractivity contribution in [2.24, 2.45) is 0 Å². The molecule has 1 aromatic heterocycles. The number of nitrogens with one attached hydrogen (secondary N) is 1. The molecular formula is C16H17Cl2N3OS. The number of piperidine rings is 1. The quantitative estimate of drug-likeness (QED) is 0.890. The number of carbonyl (C=O) groups excluding carboxylic acids is 1.